The third-order valence-electron chi connectivity index (χ3n) is 3.29. The fourth-order valence-corrected chi connectivity index (χ4v) is 2.61. The molecule has 8 heteroatoms. The van der Waals surface area contributed by atoms with Gasteiger partial charge in [-0.05, 0) is 30.3 Å². The molecule has 122 valence electrons. The number of carbonyl (C=O) groups is 2. The Morgan fingerprint density at radius 2 is 1.96 bits per heavy atom. The number of rotatable bonds is 4. The molecule has 24 heavy (non-hydrogen) atoms. The number of carboxylic acids is 1. The number of carbonyl (C=O) groups excluding carboxylic acids is 1. The monoisotopic (exact) mass is 363 g/mol. The minimum Gasteiger partial charge on any atom is -0.478 e. The van der Waals surface area contributed by atoms with Crippen molar-refractivity contribution >= 4 is 46.4 Å². The number of nitrogens with one attached hydrogen (secondary N) is 1. The Morgan fingerprint density at radius 3 is 2.71 bits per heavy atom. The van der Waals surface area contributed by atoms with Crippen LogP contribution in [0, 0.1) is 0 Å². The van der Waals surface area contributed by atoms with Crippen molar-refractivity contribution in [3.8, 4) is 0 Å². The Balaban J connectivity index is 1.75. The normalized spacial score (nSPS) is 10.8. The van der Waals surface area contributed by atoms with Gasteiger partial charge in [0.05, 0.1) is 27.7 Å². The highest BCUT2D eigenvalue weighted by Gasteiger charge is 2.12. The van der Waals surface area contributed by atoms with Gasteiger partial charge in [-0.1, -0.05) is 23.2 Å². The summed E-state index contributed by atoms with van der Waals surface area (Å²) in [5.74, 6) is -1.48. The predicted octanol–water partition coefficient (Wildman–Crippen LogP) is 3.52. The van der Waals surface area contributed by atoms with E-state index < -0.39 is 5.97 Å². The molecule has 0 atom stereocenters. The second kappa shape index (κ2) is 6.51. The van der Waals surface area contributed by atoms with Crippen molar-refractivity contribution in [2.24, 2.45) is 0 Å². The summed E-state index contributed by atoms with van der Waals surface area (Å²) in [6.07, 6.45) is 3.46. The summed E-state index contributed by atoms with van der Waals surface area (Å²) in [7, 11) is 0. The van der Waals surface area contributed by atoms with Crippen molar-refractivity contribution in [3.63, 3.8) is 0 Å². The zero-order valence-electron chi connectivity index (χ0n) is 12.2. The SMILES string of the molecule is O=C(Cc1cn2cc(Cl)ccc2n1)Nc1ccc(Cl)c(C(=O)O)c1. The van der Waals surface area contributed by atoms with Gasteiger partial charge in [0.25, 0.3) is 0 Å². The van der Waals surface area contributed by atoms with Gasteiger partial charge in [-0.15, -0.1) is 0 Å². The molecule has 0 radical (unpaired) electrons. The highest BCUT2D eigenvalue weighted by molar-refractivity contribution is 6.33. The highest BCUT2D eigenvalue weighted by atomic mass is 35.5. The zero-order chi connectivity index (χ0) is 17.3. The number of anilines is 1. The Bertz CT molecular complexity index is 953. The van der Waals surface area contributed by atoms with Gasteiger partial charge < -0.3 is 14.8 Å². The summed E-state index contributed by atoms with van der Waals surface area (Å²) in [5.41, 5.74) is 1.54. The smallest absolute Gasteiger partial charge is 0.337 e. The molecule has 3 rings (SSSR count). The maximum absolute atomic E-state index is 12.1. The number of hydrogen-bond donors (Lipinski definition) is 2. The fourth-order valence-electron chi connectivity index (χ4n) is 2.24. The van der Waals surface area contributed by atoms with Gasteiger partial charge in [0, 0.05) is 18.1 Å². The third-order valence-corrected chi connectivity index (χ3v) is 3.84. The highest BCUT2D eigenvalue weighted by Crippen LogP contribution is 2.21. The zero-order valence-corrected chi connectivity index (χ0v) is 13.7. The van der Waals surface area contributed by atoms with Crippen LogP contribution in [0.5, 0.6) is 0 Å². The molecule has 6 nitrogen and oxygen atoms in total. The molecule has 2 N–H and O–H groups in total. The number of pyridine rings is 1. The van der Waals surface area contributed by atoms with E-state index in [1.165, 1.54) is 18.2 Å². The summed E-state index contributed by atoms with van der Waals surface area (Å²) < 4.78 is 1.73. The van der Waals surface area contributed by atoms with Crippen molar-refractivity contribution in [2.75, 3.05) is 5.32 Å². The average Bonchev–Trinajstić information content (AvgIpc) is 2.90. The van der Waals surface area contributed by atoms with Crippen molar-refractivity contribution < 1.29 is 14.7 Å². The second-order valence-corrected chi connectivity index (χ2v) is 5.91. The van der Waals surface area contributed by atoms with E-state index in [-0.39, 0.29) is 22.9 Å². The number of aromatic nitrogens is 2. The molecule has 0 aliphatic rings. The Hall–Kier alpha value is -2.57. The lowest BCUT2D eigenvalue weighted by Gasteiger charge is -2.06. The van der Waals surface area contributed by atoms with E-state index in [4.69, 9.17) is 28.3 Å². The molecule has 2 heterocycles. The number of halogens is 2. The van der Waals surface area contributed by atoms with Crippen LogP contribution in [0.2, 0.25) is 10.0 Å². The number of hydrogen-bond acceptors (Lipinski definition) is 3. The van der Waals surface area contributed by atoms with Crippen LogP contribution in [0.4, 0.5) is 5.69 Å². The van der Waals surface area contributed by atoms with Crippen LogP contribution in [-0.4, -0.2) is 26.4 Å². The van der Waals surface area contributed by atoms with Gasteiger partial charge in [0.1, 0.15) is 5.65 Å². The van der Waals surface area contributed by atoms with E-state index in [1.54, 1.807) is 28.9 Å². The van der Waals surface area contributed by atoms with E-state index in [2.05, 4.69) is 10.3 Å². The molecule has 0 aliphatic heterocycles. The summed E-state index contributed by atoms with van der Waals surface area (Å²) in [5, 5.41) is 12.4. The first kappa shape index (κ1) is 16.3. The molecular weight excluding hydrogens is 353 g/mol. The van der Waals surface area contributed by atoms with Crippen molar-refractivity contribution in [3.05, 3.63) is 64.0 Å². The number of benzene rings is 1. The number of nitrogens with zero attached hydrogens (tertiary/aromatic N) is 2. The van der Waals surface area contributed by atoms with Gasteiger partial charge in [-0.2, -0.15) is 0 Å². The summed E-state index contributed by atoms with van der Waals surface area (Å²) in [4.78, 5) is 27.5. The number of amides is 1. The molecule has 3 aromatic rings. The minimum atomic E-state index is -1.16. The number of fused-ring (bicyclic) bond motifs is 1. The minimum absolute atomic E-state index is 0.0460. The van der Waals surface area contributed by atoms with Crippen LogP contribution in [0.1, 0.15) is 16.1 Å². The van der Waals surface area contributed by atoms with E-state index >= 15 is 0 Å². The molecule has 0 saturated heterocycles. The van der Waals surface area contributed by atoms with Crippen molar-refractivity contribution in [1.82, 2.24) is 9.38 Å². The Morgan fingerprint density at radius 1 is 1.17 bits per heavy atom. The van der Waals surface area contributed by atoms with Crippen LogP contribution < -0.4 is 5.32 Å². The largest absolute Gasteiger partial charge is 0.478 e. The van der Waals surface area contributed by atoms with E-state index in [1.807, 2.05) is 0 Å². The quantitative estimate of drug-likeness (QED) is 0.742. The molecule has 1 amide bonds. The average molecular weight is 364 g/mol. The van der Waals surface area contributed by atoms with Crippen molar-refractivity contribution in [2.45, 2.75) is 6.42 Å². The lowest BCUT2D eigenvalue weighted by Crippen LogP contribution is -2.15. The Labute approximate surface area is 146 Å². The summed E-state index contributed by atoms with van der Waals surface area (Å²) in [6.45, 7) is 0. The van der Waals surface area contributed by atoms with Crippen LogP contribution in [0.25, 0.3) is 5.65 Å². The standard InChI is InChI=1S/C16H11Cl2N3O3/c17-9-1-4-14-19-11(8-21(14)7-9)6-15(22)20-10-2-3-13(18)12(5-10)16(23)24/h1-5,7-8H,6H2,(H,20,22)(H,23,24). The first-order valence-corrected chi connectivity index (χ1v) is 7.64. The third kappa shape index (κ3) is 3.50. The van der Waals surface area contributed by atoms with Gasteiger partial charge in [0.2, 0.25) is 5.91 Å². The molecule has 1 aromatic carbocycles. The molecule has 0 aliphatic carbocycles. The summed E-state index contributed by atoms with van der Waals surface area (Å²) in [6, 6.07) is 7.74. The van der Waals surface area contributed by atoms with Crippen molar-refractivity contribution in [1.29, 1.82) is 0 Å². The van der Waals surface area contributed by atoms with E-state index in [9.17, 15) is 9.59 Å². The predicted molar refractivity (Wildman–Crippen MR) is 90.9 cm³/mol. The van der Waals surface area contributed by atoms with Crippen LogP contribution in [0.3, 0.4) is 0 Å². The molecule has 2 aromatic heterocycles. The molecule has 0 spiro atoms. The van der Waals surface area contributed by atoms with Gasteiger partial charge in [0.15, 0.2) is 0 Å². The number of carboxylic acid groups (broad SMARTS) is 1. The molecule has 0 unspecified atom stereocenters. The number of imidazole rings is 1. The maximum atomic E-state index is 12.1. The van der Waals surface area contributed by atoms with Gasteiger partial charge in [-0.3, -0.25) is 4.79 Å². The second-order valence-electron chi connectivity index (χ2n) is 5.07. The Kier molecular flexibility index (Phi) is 4.42. The lowest BCUT2D eigenvalue weighted by molar-refractivity contribution is -0.115. The summed E-state index contributed by atoms with van der Waals surface area (Å²) >= 11 is 11.7. The number of aromatic carboxylic acids is 1. The first-order chi connectivity index (χ1) is 11.4. The fraction of sp³-hybridized carbons (Fsp3) is 0.0625. The van der Waals surface area contributed by atoms with E-state index in [0.717, 1.165) is 0 Å². The van der Waals surface area contributed by atoms with Gasteiger partial charge >= 0.3 is 5.97 Å². The van der Waals surface area contributed by atoms with Gasteiger partial charge in [-0.25, -0.2) is 9.78 Å². The molecular formula is C16H11Cl2N3O3. The lowest BCUT2D eigenvalue weighted by atomic mass is 10.2. The molecule has 0 bridgehead atoms. The van der Waals surface area contributed by atoms with Crippen LogP contribution in [-0.2, 0) is 11.2 Å². The molecule has 0 fully saturated rings. The van der Waals surface area contributed by atoms with Crippen LogP contribution >= 0.6 is 23.2 Å². The maximum Gasteiger partial charge on any atom is 0.337 e. The van der Waals surface area contributed by atoms with E-state index in [0.29, 0.717) is 22.1 Å². The molecule has 0 saturated carbocycles. The first-order valence-electron chi connectivity index (χ1n) is 6.88. The van der Waals surface area contributed by atoms with Crippen LogP contribution in [0.15, 0.2) is 42.7 Å². The topological polar surface area (TPSA) is 83.7 Å².